The Hall–Kier alpha value is -1.24. The molecule has 6 nitrogen and oxygen atoms in total. The molecule has 1 N–H and O–H groups in total. The summed E-state index contributed by atoms with van der Waals surface area (Å²) in [6.07, 6.45) is 1.38. The first kappa shape index (κ1) is 15.3. The summed E-state index contributed by atoms with van der Waals surface area (Å²) in [6.45, 7) is 7.01. The van der Waals surface area contributed by atoms with Gasteiger partial charge in [0.05, 0.1) is 12.2 Å². The number of hydrogen-bond acceptors (Lipinski definition) is 6. The van der Waals surface area contributed by atoms with Crippen LogP contribution in [0.3, 0.4) is 0 Å². The van der Waals surface area contributed by atoms with Crippen LogP contribution < -0.4 is 0 Å². The van der Waals surface area contributed by atoms with Crippen LogP contribution in [0, 0.1) is 10.8 Å². The quantitative estimate of drug-likeness (QED) is 0.767. The Bertz CT molecular complexity index is 655. The normalized spacial score (nSPS) is 53.3. The molecule has 23 heavy (non-hydrogen) atoms. The first-order chi connectivity index (χ1) is 10.6. The number of esters is 1. The maximum absolute atomic E-state index is 12.4. The molecular formula is C17H22O6. The number of aliphatic hydroxyl groups excluding tert-OH is 1. The smallest absolute Gasteiger partial charge is 0.302 e. The zero-order valence-electron chi connectivity index (χ0n) is 13.8. The molecule has 6 heteroatoms. The Balaban J connectivity index is 1.90. The minimum atomic E-state index is -1.04. The molecule has 0 unspecified atom stereocenters. The third-order valence-corrected chi connectivity index (χ3v) is 6.92. The van der Waals surface area contributed by atoms with Crippen LogP contribution in [0.25, 0.3) is 0 Å². The molecule has 0 aromatic rings. The lowest BCUT2D eigenvalue weighted by Crippen LogP contribution is -2.63. The van der Waals surface area contributed by atoms with Crippen LogP contribution in [-0.2, 0) is 23.8 Å². The number of ketones is 1. The van der Waals surface area contributed by atoms with Crippen molar-refractivity contribution >= 4 is 11.8 Å². The molecule has 0 amide bonds. The maximum Gasteiger partial charge on any atom is 0.302 e. The molecule has 6 atom stereocenters. The first-order valence-electron chi connectivity index (χ1n) is 8.04. The lowest BCUT2D eigenvalue weighted by molar-refractivity contribution is -0.203. The van der Waals surface area contributed by atoms with Gasteiger partial charge in [0.15, 0.2) is 11.6 Å². The van der Waals surface area contributed by atoms with E-state index in [2.05, 4.69) is 0 Å². The van der Waals surface area contributed by atoms with Gasteiger partial charge in [0.2, 0.25) is 0 Å². The molecule has 1 saturated carbocycles. The predicted molar refractivity (Wildman–Crippen MR) is 78.3 cm³/mol. The molecule has 0 aromatic carbocycles. The Morgan fingerprint density at radius 2 is 2.17 bits per heavy atom. The van der Waals surface area contributed by atoms with Crippen molar-refractivity contribution in [3.05, 3.63) is 11.6 Å². The highest BCUT2D eigenvalue weighted by Gasteiger charge is 2.88. The molecule has 2 heterocycles. The Morgan fingerprint density at radius 3 is 2.83 bits per heavy atom. The van der Waals surface area contributed by atoms with E-state index in [0.29, 0.717) is 12.0 Å². The van der Waals surface area contributed by atoms with Gasteiger partial charge in [-0.2, -0.15) is 0 Å². The van der Waals surface area contributed by atoms with Gasteiger partial charge in [-0.25, -0.2) is 0 Å². The predicted octanol–water partition coefficient (Wildman–Crippen LogP) is 1.11. The summed E-state index contributed by atoms with van der Waals surface area (Å²) in [7, 11) is 0. The van der Waals surface area contributed by atoms with Gasteiger partial charge in [0.1, 0.15) is 12.2 Å². The van der Waals surface area contributed by atoms with E-state index in [1.165, 1.54) is 6.92 Å². The van der Waals surface area contributed by atoms with Gasteiger partial charge in [0, 0.05) is 30.6 Å². The van der Waals surface area contributed by atoms with E-state index in [0.717, 1.165) is 0 Å². The van der Waals surface area contributed by atoms with Crippen molar-refractivity contribution in [3.63, 3.8) is 0 Å². The first-order valence-corrected chi connectivity index (χ1v) is 8.04. The zero-order chi connectivity index (χ0) is 16.8. The van der Waals surface area contributed by atoms with Crippen molar-refractivity contribution in [3.8, 4) is 0 Å². The number of rotatable bonds is 2. The van der Waals surface area contributed by atoms with Gasteiger partial charge in [-0.1, -0.05) is 13.8 Å². The van der Waals surface area contributed by atoms with E-state index in [1.54, 1.807) is 13.0 Å². The second-order valence-corrected chi connectivity index (χ2v) is 7.76. The Kier molecular flexibility index (Phi) is 2.69. The molecule has 126 valence electrons. The van der Waals surface area contributed by atoms with Crippen LogP contribution in [0.15, 0.2) is 11.6 Å². The number of carbonyl (C=O) groups excluding carboxylic acids is 2. The summed E-state index contributed by atoms with van der Waals surface area (Å²) in [5, 5.41) is 10.8. The van der Waals surface area contributed by atoms with Gasteiger partial charge >= 0.3 is 5.97 Å². The SMILES string of the molecule is CC(=O)OC[C@]12O[C@]34C=C(C)C(=O)C[C@]3(C)[C@]1(C)[C@H](O)C[C@H]2O4. The van der Waals surface area contributed by atoms with E-state index < -0.39 is 34.3 Å². The van der Waals surface area contributed by atoms with Gasteiger partial charge < -0.3 is 19.3 Å². The number of fused-ring (bicyclic) bond motifs is 1. The molecule has 2 aliphatic heterocycles. The number of ether oxygens (including phenoxy) is 3. The van der Waals surface area contributed by atoms with Crippen molar-refractivity contribution in [1.29, 1.82) is 0 Å². The molecule has 0 aromatic heterocycles. The topological polar surface area (TPSA) is 82.1 Å². The van der Waals surface area contributed by atoms with Gasteiger partial charge in [-0.3, -0.25) is 9.59 Å². The summed E-state index contributed by atoms with van der Waals surface area (Å²) in [4.78, 5) is 23.7. The number of carbonyl (C=O) groups is 2. The van der Waals surface area contributed by atoms with Gasteiger partial charge in [-0.05, 0) is 18.6 Å². The highest BCUT2D eigenvalue weighted by molar-refractivity contribution is 5.97. The van der Waals surface area contributed by atoms with E-state index in [9.17, 15) is 14.7 Å². The molecule has 4 aliphatic rings. The van der Waals surface area contributed by atoms with Gasteiger partial charge in [-0.15, -0.1) is 0 Å². The van der Waals surface area contributed by atoms with Crippen LogP contribution in [0.5, 0.6) is 0 Å². The molecule has 0 radical (unpaired) electrons. The van der Waals surface area contributed by atoms with E-state index in [1.807, 2.05) is 13.8 Å². The molecule has 2 saturated heterocycles. The fourth-order valence-corrected chi connectivity index (χ4v) is 5.34. The molecule has 1 spiro atoms. The average molecular weight is 322 g/mol. The standard InChI is InChI=1S/C17H22O6/c1-9-6-17-14(3,7-11(9)19)15(4)12(20)5-13(22-17)16(15,23-17)8-21-10(2)18/h6,12-13,20H,5,7-8H2,1-4H3/t12-,13-,14-,15+,16-,17-/m1/s1. The summed E-state index contributed by atoms with van der Waals surface area (Å²) < 4.78 is 17.9. The van der Waals surface area contributed by atoms with Crippen molar-refractivity contribution in [2.75, 3.05) is 6.61 Å². The summed E-state index contributed by atoms with van der Waals surface area (Å²) >= 11 is 0. The Morgan fingerprint density at radius 1 is 1.48 bits per heavy atom. The fraction of sp³-hybridized carbons (Fsp3) is 0.765. The highest BCUT2D eigenvalue weighted by atomic mass is 16.8. The van der Waals surface area contributed by atoms with E-state index in [4.69, 9.17) is 14.2 Å². The maximum atomic E-state index is 12.4. The minimum Gasteiger partial charge on any atom is -0.463 e. The van der Waals surface area contributed by atoms with E-state index in [-0.39, 0.29) is 24.9 Å². The summed E-state index contributed by atoms with van der Waals surface area (Å²) in [6, 6.07) is 0. The van der Waals surface area contributed by atoms with Crippen LogP contribution in [0.2, 0.25) is 0 Å². The summed E-state index contributed by atoms with van der Waals surface area (Å²) in [5.74, 6) is -1.40. The number of Topliss-reactive ketones (excluding diaryl/α,β-unsaturated/α-hetero) is 1. The van der Waals surface area contributed by atoms with Crippen LogP contribution in [-0.4, -0.2) is 47.1 Å². The lowest BCUT2D eigenvalue weighted by atomic mass is 9.52. The van der Waals surface area contributed by atoms with E-state index >= 15 is 0 Å². The lowest BCUT2D eigenvalue weighted by Gasteiger charge is -2.53. The molecule has 4 rings (SSSR count). The fourth-order valence-electron chi connectivity index (χ4n) is 5.34. The molecule has 2 aliphatic carbocycles. The highest BCUT2D eigenvalue weighted by Crippen LogP contribution is 2.77. The van der Waals surface area contributed by atoms with Crippen molar-refractivity contribution in [2.45, 2.75) is 64.1 Å². The second kappa shape index (κ2) is 4.05. The van der Waals surface area contributed by atoms with Crippen LogP contribution in [0.4, 0.5) is 0 Å². The zero-order valence-corrected chi connectivity index (χ0v) is 13.8. The third-order valence-electron chi connectivity index (χ3n) is 6.92. The Labute approximate surface area is 134 Å². The van der Waals surface area contributed by atoms with Crippen LogP contribution >= 0.6 is 0 Å². The van der Waals surface area contributed by atoms with Crippen molar-refractivity contribution in [1.82, 2.24) is 0 Å². The largest absolute Gasteiger partial charge is 0.463 e. The van der Waals surface area contributed by atoms with Crippen LogP contribution in [0.1, 0.15) is 40.5 Å². The number of hydrogen-bond donors (Lipinski definition) is 1. The van der Waals surface area contributed by atoms with Crippen molar-refractivity contribution in [2.24, 2.45) is 10.8 Å². The average Bonchev–Trinajstić information content (AvgIpc) is 2.90. The minimum absolute atomic E-state index is 0.0268. The second-order valence-electron chi connectivity index (χ2n) is 7.76. The summed E-state index contributed by atoms with van der Waals surface area (Å²) in [5.41, 5.74) is -1.74. The van der Waals surface area contributed by atoms with Gasteiger partial charge in [0.25, 0.3) is 0 Å². The third kappa shape index (κ3) is 1.38. The monoisotopic (exact) mass is 322 g/mol. The van der Waals surface area contributed by atoms with Crippen molar-refractivity contribution < 1.29 is 28.9 Å². The number of aliphatic hydroxyl groups is 1. The number of allylic oxidation sites excluding steroid dienone is 1. The molecule has 2 bridgehead atoms. The molecular weight excluding hydrogens is 300 g/mol. The molecule has 3 fully saturated rings.